The minimum atomic E-state index is -0.240. The lowest BCUT2D eigenvalue weighted by Gasteiger charge is -2.17. The molecule has 142 valence electrons. The fourth-order valence-corrected chi connectivity index (χ4v) is 3.10. The van der Waals surface area contributed by atoms with Crippen LogP contribution in [0.15, 0.2) is 48.5 Å². The molecule has 0 spiro atoms. The zero-order valence-corrected chi connectivity index (χ0v) is 15.5. The zero-order chi connectivity index (χ0) is 19.1. The van der Waals surface area contributed by atoms with Crippen LogP contribution >= 0.6 is 0 Å². The first-order chi connectivity index (χ1) is 13.2. The van der Waals surface area contributed by atoms with Crippen LogP contribution < -0.4 is 15.5 Å². The highest BCUT2D eigenvalue weighted by Gasteiger charge is 2.13. The SMILES string of the molecule is COCCNC(=O)c1cccc(C(=O)Nc2ccc(N3CCCC3)cc2)c1. The molecule has 3 rings (SSSR count). The van der Waals surface area contributed by atoms with E-state index in [-0.39, 0.29) is 11.8 Å². The normalized spacial score (nSPS) is 13.4. The Kier molecular flexibility index (Phi) is 6.44. The van der Waals surface area contributed by atoms with Gasteiger partial charge >= 0.3 is 0 Å². The van der Waals surface area contributed by atoms with E-state index < -0.39 is 0 Å². The van der Waals surface area contributed by atoms with Crippen LogP contribution in [0.3, 0.4) is 0 Å². The smallest absolute Gasteiger partial charge is 0.255 e. The predicted molar refractivity (Wildman–Crippen MR) is 106 cm³/mol. The zero-order valence-electron chi connectivity index (χ0n) is 15.5. The van der Waals surface area contributed by atoms with E-state index in [4.69, 9.17) is 4.74 Å². The van der Waals surface area contributed by atoms with Crippen LogP contribution in [-0.4, -0.2) is 45.2 Å². The van der Waals surface area contributed by atoms with Crippen LogP contribution in [0.1, 0.15) is 33.6 Å². The number of carbonyl (C=O) groups is 2. The Morgan fingerprint density at radius 2 is 1.67 bits per heavy atom. The summed E-state index contributed by atoms with van der Waals surface area (Å²) in [6.07, 6.45) is 2.46. The van der Waals surface area contributed by atoms with Crippen molar-refractivity contribution in [2.24, 2.45) is 0 Å². The maximum absolute atomic E-state index is 12.5. The summed E-state index contributed by atoms with van der Waals surface area (Å²) in [7, 11) is 1.58. The lowest BCUT2D eigenvalue weighted by Crippen LogP contribution is -2.27. The van der Waals surface area contributed by atoms with Crippen LogP contribution in [0.5, 0.6) is 0 Å². The molecule has 1 fully saturated rings. The van der Waals surface area contributed by atoms with Gasteiger partial charge in [0.25, 0.3) is 11.8 Å². The van der Waals surface area contributed by atoms with Crippen LogP contribution in [0.25, 0.3) is 0 Å². The van der Waals surface area contributed by atoms with Crippen molar-refractivity contribution in [3.63, 3.8) is 0 Å². The molecule has 1 aliphatic rings. The van der Waals surface area contributed by atoms with E-state index in [1.54, 1.807) is 31.4 Å². The minimum absolute atomic E-state index is 0.225. The Labute approximate surface area is 159 Å². The van der Waals surface area contributed by atoms with Crippen molar-refractivity contribution in [3.05, 3.63) is 59.7 Å². The van der Waals surface area contributed by atoms with Crippen molar-refractivity contribution in [2.75, 3.05) is 43.6 Å². The lowest BCUT2D eigenvalue weighted by molar-refractivity contribution is 0.0937. The molecule has 2 N–H and O–H groups in total. The number of methoxy groups -OCH3 is 1. The van der Waals surface area contributed by atoms with Crippen LogP contribution in [0.4, 0.5) is 11.4 Å². The molecule has 2 aromatic carbocycles. The maximum atomic E-state index is 12.5. The third-order valence-corrected chi connectivity index (χ3v) is 4.58. The molecule has 1 aliphatic heterocycles. The summed E-state index contributed by atoms with van der Waals surface area (Å²) < 4.78 is 4.92. The molecule has 0 unspecified atom stereocenters. The van der Waals surface area contributed by atoms with Crippen molar-refractivity contribution in [1.29, 1.82) is 0 Å². The number of amides is 2. The van der Waals surface area contributed by atoms with Crippen molar-refractivity contribution >= 4 is 23.2 Å². The van der Waals surface area contributed by atoms with Gasteiger partial charge in [-0.05, 0) is 55.3 Å². The fourth-order valence-electron chi connectivity index (χ4n) is 3.10. The van der Waals surface area contributed by atoms with E-state index in [0.29, 0.717) is 24.3 Å². The molecule has 1 heterocycles. The average Bonchev–Trinajstić information content (AvgIpc) is 3.23. The number of nitrogens with one attached hydrogen (secondary N) is 2. The molecule has 0 saturated carbocycles. The second-order valence-corrected chi connectivity index (χ2v) is 6.52. The Bertz CT molecular complexity index is 784. The van der Waals surface area contributed by atoms with Crippen LogP contribution in [-0.2, 0) is 4.74 Å². The number of hydrogen-bond acceptors (Lipinski definition) is 4. The van der Waals surface area contributed by atoms with Gasteiger partial charge in [0.1, 0.15) is 0 Å². The molecule has 0 radical (unpaired) electrons. The maximum Gasteiger partial charge on any atom is 0.255 e. The summed E-state index contributed by atoms with van der Waals surface area (Å²) in [5, 5.41) is 5.63. The highest BCUT2D eigenvalue weighted by Crippen LogP contribution is 2.22. The van der Waals surface area contributed by atoms with Gasteiger partial charge in [-0.1, -0.05) is 6.07 Å². The third-order valence-electron chi connectivity index (χ3n) is 4.58. The van der Waals surface area contributed by atoms with Gasteiger partial charge in [0, 0.05) is 49.2 Å². The quantitative estimate of drug-likeness (QED) is 0.738. The summed E-state index contributed by atoms with van der Waals surface area (Å²) in [4.78, 5) is 27.0. The molecule has 2 aromatic rings. The molecular weight excluding hydrogens is 342 g/mol. The monoisotopic (exact) mass is 367 g/mol. The first-order valence-corrected chi connectivity index (χ1v) is 9.21. The molecule has 0 atom stereocenters. The van der Waals surface area contributed by atoms with E-state index in [1.807, 2.05) is 24.3 Å². The van der Waals surface area contributed by atoms with Crippen molar-refractivity contribution in [2.45, 2.75) is 12.8 Å². The summed E-state index contributed by atoms with van der Waals surface area (Å²) in [5.41, 5.74) is 2.80. The van der Waals surface area contributed by atoms with Gasteiger partial charge in [0.05, 0.1) is 6.61 Å². The van der Waals surface area contributed by atoms with E-state index in [2.05, 4.69) is 15.5 Å². The van der Waals surface area contributed by atoms with E-state index >= 15 is 0 Å². The van der Waals surface area contributed by atoms with Gasteiger partial charge < -0.3 is 20.3 Å². The Morgan fingerprint density at radius 3 is 2.33 bits per heavy atom. The van der Waals surface area contributed by atoms with Gasteiger partial charge in [-0.2, -0.15) is 0 Å². The number of hydrogen-bond donors (Lipinski definition) is 2. The number of benzene rings is 2. The topological polar surface area (TPSA) is 70.7 Å². The second-order valence-electron chi connectivity index (χ2n) is 6.52. The number of anilines is 2. The highest BCUT2D eigenvalue weighted by molar-refractivity contribution is 6.06. The highest BCUT2D eigenvalue weighted by atomic mass is 16.5. The van der Waals surface area contributed by atoms with Gasteiger partial charge in [-0.15, -0.1) is 0 Å². The van der Waals surface area contributed by atoms with E-state index in [9.17, 15) is 9.59 Å². The average molecular weight is 367 g/mol. The molecule has 27 heavy (non-hydrogen) atoms. The number of nitrogens with zero attached hydrogens (tertiary/aromatic N) is 1. The molecule has 0 bridgehead atoms. The Balaban J connectivity index is 1.62. The van der Waals surface area contributed by atoms with Crippen molar-refractivity contribution < 1.29 is 14.3 Å². The molecule has 0 aromatic heterocycles. The van der Waals surface area contributed by atoms with Gasteiger partial charge in [-0.3, -0.25) is 9.59 Å². The van der Waals surface area contributed by atoms with Crippen LogP contribution in [0.2, 0.25) is 0 Å². The molecule has 1 saturated heterocycles. The molecule has 6 nitrogen and oxygen atoms in total. The van der Waals surface area contributed by atoms with E-state index in [1.165, 1.54) is 18.5 Å². The third kappa shape index (κ3) is 5.08. The molecule has 2 amide bonds. The standard InChI is InChI=1S/C21H25N3O3/c1-27-14-11-22-20(25)16-5-4-6-17(15-16)21(26)23-18-7-9-19(10-8-18)24-12-2-3-13-24/h4-10,15H,2-3,11-14H2,1H3,(H,22,25)(H,23,26). The van der Waals surface area contributed by atoms with Crippen molar-refractivity contribution in [3.8, 4) is 0 Å². The largest absolute Gasteiger partial charge is 0.383 e. The summed E-state index contributed by atoms with van der Waals surface area (Å²) >= 11 is 0. The fraction of sp³-hybridized carbons (Fsp3) is 0.333. The summed E-state index contributed by atoms with van der Waals surface area (Å²) in [6, 6.07) is 14.6. The number of ether oxygens (including phenoxy) is 1. The first-order valence-electron chi connectivity index (χ1n) is 9.21. The molecule has 0 aliphatic carbocycles. The lowest BCUT2D eigenvalue weighted by atomic mass is 10.1. The second kappa shape index (κ2) is 9.19. The van der Waals surface area contributed by atoms with Crippen LogP contribution in [0, 0.1) is 0 Å². The number of rotatable bonds is 7. The summed E-state index contributed by atoms with van der Waals surface area (Å²) in [5.74, 6) is -0.466. The molecular formula is C21H25N3O3. The Morgan fingerprint density at radius 1 is 1.00 bits per heavy atom. The first kappa shape index (κ1) is 18.9. The predicted octanol–water partition coefficient (Wildman–Crippen LogP) is 2.92. The summed E-state index contributed by atoms with van der Waals surface area (Å²) in [6.45, 7) is 3.05. The van der Waals surface area contributed by atoms with Gasteiger partial charge in [0.2, 0.25) is 0 Å². The Hall–Kier alpha value is -2.86. The number of carbonyl (C=O) groups excluding carboxylic acids is 2. The van der Waals surface area contributed by atoms with Crippen molar-refractivity contribution in [1.82, 2.24) is 5.32 Å². The minimum Gasteiger partial charge on any atom is -0.383 e. The molecule has 6 heteroatoms. The van der Waals surface area contributed by atoms with E-state index in [0.717, 1.165) is 18.8 Å². The van der Waals surface area contributed by atoms with Gasteiger partial charge in [0.15, 0.2) is 0 Å². The van der Waals surface area contributed by atoms with Gasteiger partial charge in [-0.25, -0.2) is 0 Å².